The van der Waals surface area contributed by atoms with Crippen LogP contribution in [0.4, 0.5) is 0 Å². The molecule has 0 aliphatic rings. The van der Waals surface area contributed by atoms with Crippen molar-refractivity contribution in [1.29, 1.82) is 0 Å². The van der Waals surface area contributed by atoms with Crippen molar-refractivity contribution in [3.8, 4) is 0 Å². The summed E-state index contributed by atoms with van der Waals surface area (Å²) in [4.78, 5) is 11.2. The lowest BCUT2D eigenvalue weighted by Gasteiger charge is -2.16. The molecular weight excluding hydrogens is 226 g/mol. The molecule has 1 aromatic carbocycles. The van der Waals surface area contributed by atoms with Gasteiger partial charge in [-0.25, -0.2) is 0 Å². The molecule has 1 aromatic rings. The fourth-order valence-corrected chi connectivity index (χ4v) is 1.97. The number of rotatable bonds is 7. The molecule has 0 saturated heterocycles. The van der Waals surface area contributed by atoms with Gasteiger partial charge in [0.2, 0.25) is 0 Å². The first-order chi connectivity index (χ1) is 8.65. The molecule has 0 fully saturated rings. The van der Waals surface area contributed by atoms with Gasteiger partial charge in [-0.1, -0.05) is 24.3 Å². The lowest BCUT2D eigenvalue weighted by atomic mass is 10.0. The Kier molecular flexibility index (Phi) is 6.44. The zero-order chi connectivity index (χ0) is 13.4. The summed E-state index contributed by atoms with van der Waals surface area (Å²) in [5.74, 6) is -0.108. The van der Waals surface area contributed by atoms with E-state index in [1.165, 1.54) is 11.1 Å². The molecule has 100 valence electrons. The molecule has 18 heavy (non-hydrogen) atoms. The van der Waals surface area contributed by atoms with Crippen LogP contribution in [0.2, 0.25) is 0 Å². The maximum atomic E-state index is 11.2. The van der Waals surface area contributed by atoms with E-state index < -0.39 is 0 Å². The average Bonchev–Trinajstić information content (AvgIpc) is 2.35. The minimum absolute atomic E-state index is 0.108. The highest BCUT2D eigenvalue weighted by Gasteiger charge is 2.07. The highest BCUT2D eigenvalue weighted by molar-refractivity contribution is 5.69. The standard InChI is InChI=1S/C15H23NO2/c1-4-18-15(17)10-7-11-16-13(3)14-9-6-5-8-12(14)2/h5-6,8-9,13,16H,4,7,10-11H2,1-3H3. The highest BCUT2D eigenvalue weighted by Crippen LogP contribution is 2.16. The first-order valence-corrected chi connectivity index (χ1v) is 6.59. The monoisotopic (exact) mass is 249 g/mol. The summed E-state index contributed by atoms with van der Waals surface area (Å²) in [6.07, 6.45) is 1.30. The molecule has 1 rings (SSSR count). The summed E-state index contributed by atoms with van der Waals surface area (Å²) in [5.41, 5.74) is 2.61. The molecule has 1 unspecified atom stereocenters. The van der Waals surface area contributed by atoms with Crippen molar-refractivity contribution in [2.24, 2.45) is 0 Å². The Hall–Kier alpha value is -1.35. The number of hydrogen-bond acceptors (Lipinski definition) is 3. The number of aryl methyl sites for hydroxylation is 1. The van der Waals surface area contributed by atoms with Crippen LogP contribution < -0.4 is 5.32 Å². The lowest BCUT2D eigenvalue weighted by molar-refractivity contribution is -0.143. The van der Waals surface area contributed by atoms with Crippen LogP contribution in [0.1, 0.15) is 43.9 Å². The van der Waals surface area contributed by atoms with Crippen molar-refractivity contribution >= 4 is 5.97 Å². The Morgan fingerprint density at radius 3 is 2.78 bits per heavy atom. The first kappa shape index (κ1) is 14.7. The van der Waals surface area contributed by atoms with Crippen molar-refractivity contribution in [2.45, 2.75) is 39.7 Å². The Labute approximate surface area is 110 Å². The predicted octanol–water partition coefficient (Wildman–Crippen LogP) is 2.99. The van der Waals surface area contributed by atoms with Gasteiger partial charge in [0, 0.05) is 12.5 Å². The van der Waals surface area contributed by atoms with E-state index in [0.29, 0.717) is 19.1 Å². The summed E-state index contributed by atoms with van der Waals surface area (Å²) < 4.78 is 4.89. The molecule has 1 N–H and O–H groups in total. The van der Waals surface area contributed by atoms with Gasteiger partial charge in [-0.3, -0.25) is 4.79 Å². The second-order valence-electron chi connectivity index (χ2n) is 4.44. The van der Waals surface area contributed by atoms with Gasteiger partial charge in [0.1, 0.15) is 0 Å². The molecule has 3 nitrogen and oxygen atoms in total. The zero-order valence-corrected chi connectivity index (χ0v) is 11.5. The van der Waals surface area contributed by atoms with E-state index in [1.54, 1.807) is 0 Å². The van der Waals surface area contributed by atoms with E-state index in [0.717, 1.165) is 13.0 Å². The van der Waals surface area contributed by atoms with Crippen LogP contribution in [0.5, 0.6) is 0 Å². The van der Waals surface area contributed by atoms with Crippen LogP contribution in [-0.2, 0) is 9.53 Å². The summed E-state index contributed by atoms with van der Waals surface area (Å²) in [6, 6.07) is 8.67. The second kappa shape index (κ2) is 7.88. The minimum Gasteiger partial charge on any atom is -0.466 e. The van der Waals surface area contributed by atoms with Gasteiger partial charge in [0.25, 0.3) is 0 Å². The fraction of sp³-hybridized carbons (Fsp3) is 0.533. The maximum Gasteiger partial charge on any atom is 0.305 e. The smallest absolute Gasteiger partial charge is 0.305 e. The van der Waals surface area contributed by atoms with Crippen molar-refractivity contribution in [1.82, 2.24) is 5.32 Å². The number of esters is 1. The van der Waals surface area contributed by atoms with Gasteiger partial charge >= 0.3 is 5.97 Å². The van der Waals surface area contributed by atoms with Gasteiger partial charge in [0.15, 0.2) is 0 Å². The third-order valence-electron chi connectivity index (χ3n) is 2.97. The van der Waals surface area contributed by atoms with E-state index in [9.17, 15) is 4.79 Å². The first-order valence-electron chi connectivity index (χ1n) is 6.59. The predicted molar refractivity (Wildman–Crippen MR) is 73.5 cm³/mol. The molecule has 0 aromatic heterocycles. The van der Waals surface area contributed by atoms with Crippen LogP contribution in [0, 0.1) is 6.92 Å². The fourth-order valence-electron chi connectivity index (χ4n) is 1.97. The van der Waals surface area contributed by atoms with E-state index in [2.05, 4.69) is 37.4 Å². The van der Waals surface area contributed by atoms with Crippen molar-refractivity contribution in [3.63, 3.8) is 0 Å². The molecule has 1 atom stereocenters. The summed E-state index contributed by atoms with van der Waals surface area (Å²) in [5, 5.41) is 3.43. The van der Waals surface area contributed by atoms with Gasteiger partial charge in [-0.15, -0.1) is 0 Å². The number of carbonyl (C=O) groups is 1. The molecule has 0 spiro atoms. The Balaban J connectivity index is 2.28. The van der Waals surface area contributed by atoms with Crippen LogP contribution in [-0.4, -0.2) is 19.1 Å². The van der Waals surface area contributed by atoms with E-state index in [-0.39, 0.29) is 5.97 Å². The number of benzene rings is 1. The van der Waals surface area contributed by atoms with Crippen molar-refractivity contribution < 1.29 is 9.53 Å². The third kappa shape index (κ3) is 4.88. The molecule has 0 heterocycles. The average molecular weight is 249 g/mol. The van der Waals surface area contributed by atoms with Crippen molar-refractivity contribution in [2.75, 3.05) is 13.2 Å². The third-order valence-corrected chi connectivity index (χ3v) is 2.97. The largest absolute Gasteiger partial charge is 0.466 e. The Morgan fingerprint density at radius 1 is 1.39 bits per heavy atom. The lowest BCUT2D eigenvalue weighted by Crippen LogP contribution is -2.21. The van der Waals surface area contributed by atoms with Crippen LogP contribution in [0.15, 0.2) is 24.3 Å². The number of nitrogens with one attached hydrogen (secondary N) is 1. The minimum atomic E-state index is -0.108. The molecule has 3 heteroatoms. The molecule has 0 radical (unpaired) electrons. The van der Waals surface area contributed by atoms with Gasteiger partial charge in [-0.05, 0) is 44.9 Å². The highest BCUT2D eigenvalue weighted by atomic mass is 16.5. The quantitative estimate of drug-likeness (QED) is 0.596. The second-order valence-corrected chi connectivity index (χ2v) is 4.44. The van der Waals surface area contributed by atoms with Gasteiger partial charge in [0.05, 0.1) is 6.61 Å². The SMILES string of the molecule is CCOC(=O)CCCNC(C)c1ccccc1C. The molecule has 0 aliphatic carbocycles. The number of carbonyl (C=O) groups excluding carboxylic acids is 1. The molecule has 0 saturated carbocycles. The van der Waals surface area contributed by atoms with Crippen LogP contribution in [0.25, 0.3) is 0 Å². The summed E-state index contributed by atoms with van der Waals surface area (Å²) >= 11 is 0. The normalized spacial score (nSPS) is 12.2. The molecular formula is C15H23NO2. The van der Waals surface area contributed by atoms with Crippen molar-refractivity contribution in [3.05, 3.63) is 35.4 Å². The van der Waals surface area contributed by atoms with Gasteiger partial charge in [-0.2, -0.15) is 0 Å². The topological polar surface area (TPSA) is 38.3 Å². The molecule has 0 amide bonds. The van der Waals surface area contributed by atoms with E-state index >= 15 is 0 Å². The number of ether oxygens (including phenoxy) is 1. The molecule has 0 aliphatic heterocycles. The van der Waals surface area contributed by atoms with Crippen LogP contribution >= 0.6 is 0 Å². The summed E-state index contributed by atoms with van der Waals surface area (Å²) in [7, 11) is 0. The Bertz CT molecular complexity index is 377. The maximum absolute atomic E-state index is 11.2. The Morgan fingerprint density at radius 2 is 2.11 bits per heavy atom. The van der Waals surface area contributed by atoms with E-state index in [1.807, 2.05) is 13.0 Å². The van der Waals surface area contributed by atoms with Crippen LogP contribution in [0.3, 0.4) is 0 Å². The van der Waals surface area contributed by atoms with E-state index in [4.69, 9.17) is 4.74 Å². The molecule has 0 bridgehead atoms. The van der Waals surface area contributed by atoms with Gasteiger partial charge < -0.3 is 10.1 Å². The zero-order valence-electron chi connectivity index (χ0n) is 11.5. The number of hydrogen-bond donors (Lipinski definition) is 1. The summed E-state index contributed by atoms with van der Waals surface area (Å²) in [6.45, 7) is 7.38.